The zero-order valence-corrected chi connectivity index (χ0v) is 18.3. The van der Waals surface area contributed by atoms with Crippen LogP contribution in [0.4, 0.5) is 5.69 Å². The van der Waals surface area contributed by atoms with Gasteiger partial charge >= 0.3 is 0 Å². The van der Waals surface area contributed by atoms with E-state index in [0.29, 0.717) is 18.1 Å². The molecule has 1 N–H and O–H groups in total. The number of hydrogen-bond donors (Lipinski definition) is 1. The average molecular weight is 420 g/mol. The summed E-state index contributed by atoms with van der Waals surface area (Å²) in [6.07, 6.45) is 9.08. The van der Waals surface area contributed by atoms with Crippen LogP contribution in [-0.2, 0) is 11.3 Å². The van der Waals surface area contributed by atoms with E-state index < -0.39 is 0 Å². The number of hydrogen-bond acceptors (Lipinski definition) is 4. The lowest BCUT2D eigenvalue weighted by molar-refractivity contribution is -0.111. The number of amides is 1. The molecular formula is C25H29N3O3. The highest BCUT2D eigenvalue weighted by atomic mass is 16.5. The quantitative estimate of drug-likeness (QED) is 0.368. The highest BCUT2D eigenvalue weighted by Crippen LogP contribution is 2.28. The lowest BCUT2D eigenvalue weighted by Gasteiger charge is -2.11. The van der Waals surface area contributed by atoms with Gasteiger partial charge in [0.15, 0.2) is 11.5 Å². The molecule has 6 heteroatoms. The summed E-state index contributed by atoms with van der Waals surface area (Å²) in [5.74, 6) is 2.14. The molecule has 6 nitrogen and oxygen atoms in total. The number of methoxy groups -OCH3 is 1. The van der Waals surface area contributed by atoms with Gasteiger partial charge in [-0.3, -0.25) is 4.79 Å². The van der Waals surface area contributed by atoms with Crippen molar-refractivity contribution in [3.63, 3.8) is 0 Å². The molecule has 0 spiro atoms. The molecule has 3 aromatic rings. The van der Waals surface area contributed by atoms with Crippen molar-refractivity contribution < 1.29 is 14.3 Å². The van der Waals surface area contributed by atoms with Crippen molar-refractivity contribution in [3.05, 3.63) is 77.9 Å². The van der Waals surface area contributed by atoms with E-state index in [1.54, 1.807) is 19.4 Å². The molecule has 3 rings (SSSR count). The molecular weight excluding hydrogens is 390 g/mol. The number of aromatic nitrogens is 2. The van der Waals surface area contributed by atoms with Crippen LogP contribution in [0.2, 0.25) is 0 Å². The van der Waals surface area contributed by atoms with Crippen molar-refractivity contribution in [1.82, 2.24) is 9.55 Å². The van der Waals surface area contributed by atoms with E-state index >= 15 is 0 Å². The van der Waals surface area contributed by atoms with E-state index in [2.05, 4.69) is 21.8 Å². The molecule has 1 aromatic heterocycles. The Balaban J connectivity index is 1.56. The molecule has 1 amide bonds. The number of aryl methyl sites for hydroxylation is 1. The van der Waals surface area contributed by atoms with Crippen LogP contribution < -0.4 is 14.8 Å². The fourth-order valence-electron chi connectivity index (χ4n) is 3.05. The number of anilines is 1. The molecule has 0 bridgehead atoms. The van der Waals surface area contributed by atoms with Crippen LogP contribution in [0.15, 0.2) is 60.9 Å². The maximum absolute atomic E-state index is 12.3. The Kier molecular flexibility index (Phi) is 7.87. The first-order chi connectivity index (χ1) is 15.1. The van der Waals surface area contributed by atoms with Crippen molar-refractivity contribution in [3.8, 4) is 11.5 Å². The van der Waals surface area contributed by atoms with Crippen LogP contribution in [0.5, 0.6) is 11.5 Å². The minimum Gasteiger partial charge on any atom is -0.493 e. The van der Waals surface area contributed by atoms with Crippen molar-refractivity contribution in [2.75, 3.05) is 19.0 Å². The third kappa shape index (κ3) is 6.47. The first-order valence-corrected chi connectivity index (χ1v) is 10.5. The summed E-state index contributed by atoms with van der Waals surface area (Å²) >= 11 is 0. The van der Waals surface area contributed by atoms with E-state index in [9.17, 15) is 4.79 Å². The molecule has 2 aromatic carbocycles. The minimum absolute atomic E-state index is 0.194. The fourth-order valence-corrected chi connectivity index (χ4v) is 3.05. The van der Waals surface area contributed by atoms with Crippen LogP contribution in [-0.4, -0.2) is 29.2 Å². The number of unbranched alkanes of at least 4 members (excludes halogenated alkanes) is 1. The third-order valence-corrected chi connectivity index (χ3v) is 4.87. The van der Waals surface area contributed by atoms with Crippen LogP contribution in [0.1, 0.15) is 36.7 Å². The fraction of sp³-hybridized carbons (Fsp3) is 0.280. The van der Waals surface area contributed by atoms with Gasteiger partial charge in [0, 0.05) is 30.7 Å². The van der Waals surface area contributed by atoms with Gasteiger partial charge in [0.25, 0.3) is 0 Å². The summed E-state index contributed by atoms with van der Waals surface area (Å²) in [4.78, 5) is 16.5. The predicted octanol–water partition coefficient (Wildman–Crippen LogP) is 5.08. The monoisotopic (exact) mass is 419 g/mol. The average Bonchev–Trinajstić information content (AvgIpc) is 3.18. The van der Waals surface area contributed by atoms with E-state index in [4.69, 9.17) is 9.47 Å². The summed E-state index contributed by atoms with van der Waals surface area (Å²) < 4.78 is 13.2. The number of nitrogens with zero attached hydrogens (tertiary/aromatic N) is 2. The zero-order chi connectivity index (χ0) is 22.1. The summed E-state index contributed by atoms with van der Waals surface area (Å²) in [5.41, 5.74) is 2.75. The molecule has 0 saturated carbocycles. The van der Waals surface area contributed by atoms with Crippen LogP contribution in [0.25, 0.3) is 6.08 Å². The van der Waals surface area contributed by atoms with Crippen LogP contribution >= 0.6 is 0 Å². The standard InChI is InChI=1S/C25H29N3O3/c1-4-5-16-31-23-12-8-20(17-24(23)30-3)9-13-25(29)27-22-10-6-21(7-11-22)18-28-15-14-26-19(28)2/h6-15,17H,4-5,16,18H2,1-3H3,(H,27,29)/b13-9+. The lowest BCUT2D eigenvalue weighted by atomic mass is 10.1. The maximum Gasteiger partial charge on any atom is 0.248 e. The molecule has 31 heavy (non-hydrogen) atoms. The Morgan fingerprint density at radius 1 is 1.16 bits per heavy atom. The maximum atomic E-state index is 12.3. The van der Waals surface area contributed by atoms with Gasteiger partial charge in [-0.25, -0.2) is 4.98 Å². The highest BCUT2D eigenvalue weighted by Gasteiger charge is 2.05. The molecule has 0 unspecified atom stereocenters. The Hall–Kier alpha value is -3.54. The summed E-state index contributed by atoms with van der Waals surface area (Å²) in [6, 6.07) is 13.4. The Morgan fingerprint density at radius 3 is 2.65 bits per heavy atom. The van der Waals surface area contributed by atoms with Gasteiger partial charge in [0.05, 0.1) is 13.7 Å². The molecule has 0 fully saturated rings. The molecule has 0 aliphatic heterocycles. The Labute approximate surface area is 183 Å². The first kappa shape index (κ1) is 22.2. The molecule has 0 aliphatic carbocycles. The van der Waals surface area contributed by atoms with Crippen molar-refractivity contribution in [1.29, 1.82) is 0 Å². The second-order valence-corrected chi connectivity index (χ2v) is 7.23. The largest absolute Gasteiger partial charge is 0.493 e. The van der Waals surface area contributed by atoms with Crippen molar-refractivity contribution in [2.45, 2.75) is 33.2 Å². The lowest BCUT2D eigenvalue weighted by Crippen LogP contribution is -2.08. The zero-order valence-electron chi connectivity index (χ0n) is 18.3. The molecule has 0 saturated heterocycles. The number of carbonyl (C=O) groups is 1. The van der Waals surface area contributed by atoms with Crippen LogP contribution in [0.3, 0.4) is 0 Å². The van der Waals surface area contributed by atoms with Gasteiger partial charge < -0.3 is 19.4 Å². The van der Waals surface area contributed by atoms with E-state index in [-0.39, 0.29) is 5.91 Å². The molecule has 0 aliphatic rings. The third-order valence-electron chi connectivity index (χ3n) is 4.87. The normalized spacial score (nSPS) is 10.9. The second kappa shape index (κ2) is 11.0. The van der Waals surface area contributed by atoms with Gasteiger partial charge in [-0.1, -0.05) is 31.5 Å². The Morgan fingerprint density at radius 2 is 1.97 bits per heavy atom. The van der Waals surface area contributed by atoms with Gasteiger partial charge in [-0.15, -0.1) is 0 Å². The van der Waals surface area contributed by atoms with E-state index in [1.807, 2.05) is 55.6 Å². The van der Waals surface area contributed by atoms with E-state index in [1.165, 1.54) is 6.08 Å². The van der Waals surface area contributed by atoms with Gasteiger partial charge in [-0.2, -0.15) is 0 Å². The van der Waals surface area contributed by atoms with Gasteiger partial charge in [0.1, 0.15) is 5.82 Å². The number of nitrogens with one attached hydrogen (secondary N) is 1. The van der Waals surface area contributed by atoms with E-state index in [0.717, 1.165) is 42.0 Å². The summed E-state index contributed by atoms with van der Waals surface area (Å²) in [5, 5.41) is 2.88. The number of rotatable bonds is 10. The molecule has 0 atom stereocenters. The summed E-state index contributed by atoms with van der Waals surface area (Å²) in [7, 11) is 1.61. The molecule has 0 radical (unpaired) electrons. The van der Waals surface area contributed by atoms with Gasteiger partial charge in [-0.05, 0) is 54.8 Å². The number of imidazole rings is 1. The smallest absolute Gasteiger partial charge is 0.248 e. The number of carbonyl (C=O) groups excluding carboxylic acids is 1. The first-order valence-electron chi connectivity index (χ1n) is 10.5. The predicted molar refractivity (Wildman–Crippen MR) is 124 cm³/mol. The SMILES string of the molecule is CCCCOc1ccc(/C=C/C(=O)Nc2ccc(Cn3ccnc3C)cc2)cc1OC. The highest BCUT2D eigenvalue weighted by molar-refractivity contribution is 6.01. The van der Waals surface area contributed by atoms with Crippen LogP contribution in [0, 0.1) is 6.92 Å². The number of benzene rings is 2. The van der Waals surface area contributed by atoms with Gasteiger partial charge in [0.2, 0.25) is 5.91 Å². The molecule has 1 heterocycles. The minimum atomic E-state index is -0.194. The number of ether oxygens (including phenoxy) is 2. The second-order valence-electron chi connectivity index (χ2n) is 7.23. The Bertz CT molecular complexity index is 1020. The summed E-state index contributed by atoms with van der Waals surface area (Å²) in [6.45, 7) is 5.50. The van der Waals surface area contributed by atoms with Crippen molar-refractivity contribution >= 4 is 17.7 Å². The topological polar surface area (TPSA) is 65.4 Å². The molecule has 162 valence electrons. The van der Waals surface area contributed by atoms with Crippen molar-refractivity contribution in [2.24, 2.45) is 0 Å².